The smallest absolute Gasteiger partial charge is 0.241 e. The molecule has 0 bridgehead atoms. The van der Waals surface area contributed by atoms with Crippen LogP contribution in [0.25, 0.3) is 11.4 Å². The molecule has 2 heterocycles. The Morgan fingerprint density at radius 2 is 2.12 bits per heavy atom. The SMILES string of the molecule is Cc1ccc(-c2noc(CN3CCCC(C(=O)NCCSCc4c(F)cccc4Cl)C3)n2)cc1. The van der Waals surface area contributed by atoms with Gasteiger partial charge in [-0.1, -0.05) is 52.7 Å². The van der Waals surface area contributed by atoms with E-state index >= 15 is 0 Å². The van der Waals surface area contributed by atoms with E-state index in [9.17, 15) is 9.18 Å². The van der Waals surface area contributed by atoms with E-state index < -0.39 is 0 Å². The van der Waals surface area contributed by atoms with Gasteiger partial charge in [-0.25, -0.2) is 4.39 Å². The van der Waals surface area contributed by atoms with Crippen molar-refractivity contribution >= 4 is 29.3 Å². The Morgan fingerprint density at radius 3 is 2.91 bits per heavy atom. The number of carbonyl (C=O) groups excluding carboxylic acids is 1. The van der Waals surface area contributed by atoms with Crippen LogP contribution in [0.5, 0.6) is 0 Å². The van der Waals surface area contributed by atoms with Crippen molar-refractivity contribution in [2.75, 3.05) is 25.4 Å². The number of hydrogen-bond donors (Lipinski definition) is 1. The third-order valence-electron chi connectivity index (χ3n) is 5.87. The van der Waals surface area contributed by atoms with Gasteiger partial charge in [-0.2, -0.15) is 16.7 Å². The maximum atomic E-state index is 13.8. The van der Waals surface area contributed by atoms with E-state index in [-0.39, 0.29) is 17.6 Å². The average Bonchev–Trinajstić information content (AvgIpc) is 3.29. The van der Waals surface area contributed by atoms with Crippen molar-refractivity contribution in [3.8, 4) is 11.4 Å². The maximum Gasteiger partial charge on any atom is 0.241 e. The molecule has 1 atom stereocenters. The number of hydrogen-bond acceptors (Lipinski definition) is 6. The molecule has 6 nitrogen and oxygen atoms in total. The molecule has 1 N–H and O–H groups in total. The van der Waals surface area contributed by atoms with Gasteiger partial charge in [-0.15, -0.1) is 0 Å². The quantitative estimate of drug-likeness (QED) is 0.410. The number of nitrogens with zero attached hydrogens (tertiary/aromatic N) is 3. The Hall–Kier alpha value is -2.42. The summed E-state index contributed by atoms with van der Waals surface area (Å²) >= 11 is 7.61. The number of nitrogens with one attached hydrogen (secondary N) is 1. The van der Waals surface area contributed by atoms with Crippen LogP contribution in [0, 0.1) is 18.7 Å². The molecule has 180 valence electrons. The second-order valence-electron chi connectivity index (χ2n) is 8.50. The van der Waals surface area contributed by atoms with E-state index in [0.717, 1.165) is 24.9 Å². The summed E-state index contributed by atoms with van der Waals surface area (Å²) in [5, 5.41) is 7.55. The first kappa shape index (κ1) is 24.7. The highest BCUT2D eigenvalue weighted by molar-refractivity contribution is 7.98. The van der Waals surface area contributed by atoms with Gasteiger partial charge in [0.15, 0.2) is 0 Å². The molecule has 1 aliphatic heterocycles. The van der Waals surface area contributed by atoms with E-state index in [1.54, 1.807) is 23.9 Å². The summed E-state index contributed by atoms with van der Waals surface area (Å²) in [5.74, 6) is 2.00. The molecule has 1 fully saturated rings. The van der Waals surface area contributed by atoms with Gasteiger partial charge in [0, 0.05) is 40.7 Å². The predicted molar refractivity (Wildman–Crippen MR) is 133 cm³/mol. The predicted octanol–water partition coefficient (Wildman–Crippen LogP) is 5.10. The highest BCUT2D eigenvalue weighted by Crippen LogP contribution is 2.24. The molecule has 4 rings (SSSR count). The van der Waals surface area contributed by atoms with Gasteiger partial charge in [-0.3, -0.25) is 9.69 Å². The number of aromatic nitrogens is 2. The average molecular weight is 503 g/mol. The van der Waals surface area contributed by atoms with Crippen LogP contribution < -0.4 is 5.32 Å². The van der Waals surface area contributed by atoms with Crippen molar-refractivity contribution in [2.45, 2.75) is 32.1 Å². The van der Waals surface area contributed by atoms with Crippen molar-refractivity contribution < 1.29 is 13.7 Å². The first-order valence-corrected chi connectivity index (χ1v) is 12.9. The van der Waals surface area contributed by atoms with E-state index in [0.29, 0.717) is 53.4 Å². The molecule has 1 amide bonds. The van der Waals surface area contributed by atoms with Gasteiger partial charge in [0.25, 0.3) is 0 Å². The standard InChI is InChI=1S/C25H28ClFN4O2S/c1-17-7-9-18(10-8-17)24-29-23(33-30-24)15-31-12-3-4-19(14-31)25(32)28-11-13-34-16-20-21(26)5-2-6-22(20)27/h2,5-10,19H,3-4,11-16H2,1H3,(H,28,32). The Balaban J connectivity index is 1.20. The van der Waals surface area contributed by atoms with E-state index in [4.69, 9.17) is 16.1 Å². The number of rotatable bonds is 9. The summed E-state index contributed by atoms with van der Waals surface area (Å²) in [6, 6.07) is 12.7. The lowest BCUT2D eigenvalue weighted by atomic mass is 9.97. The molecule has 34 heavy (non-hydrogen) atoms. The summed E-state index contributed by atoms with van der Waals surface area (Å²) in [6.45, 7) is 4.66. The second-order valence-corrected chi connectivity index (χ2v) is 10.0. The van der Waals surface area contributed by atoms with Gasteiger partial charge in [0.2, 0.25) is 17.6 Å². The number of carbonyl (C=O) groups is 1. The molecule has 1 aromatic heterocycles. The molecular weight excluding hydrogens is 475 g/mol. The number of likely N-dealkylation sites (tertiary alicyclic amines) is 1. The van der Waals surface area contributed by atoms with Crippen LogP contribution in [-0.4, -0.2) is 46.3 Å². The first-order valence-electron chi connectivity index (χ1n) is 11.4. The summed E-state index contributed by atoms with van der Waals surface area (Å²) in [4.78, 5) is 19.4. The van der Waals surface area contributed by atoms with Crippen LogP contribution in [0.2, 0.25) is 5.02 Å². The van der Waals surface area contributed by atoms with Gasteiger partial charge in [0.05, 0.1) is 12.5 Å². The lowest BCUT2D eigenvalue weighted by molar-refractivity contribution is -0.126. The molecule has 0 saturated carbocycles. The minimum absolute atomic E-state index is 0.0556. The van der Waals surface area contributed by atoms with Crippen molar-refractivity contribution in [3.63, 3.8) is 0 Å². The lowest BCUT2D eigenvalue weighted by Gasteiger charge is -2.30. The van der Waals surface area contributed by atoms with Gasteiger partial charge in [0.1, 0.15) is 5.82 Å². The van der Waals surface area contributed by atoms with E-state index in [1.165, 1.54) is 11.6 Å². The van der Waals surface area contributed by atoms with Gasteiger partial charge < -0.3 is 9.84 Å². The Kier molecular flexibility index (Phi) is 8.59. The normalized spacial score (nSPS) is 16.5. The zero-order chi connectivity index (χ0) is 23.9. The summed E-state index contributed by atoms with van der Waals surface area (Å²) in [6.07, 6.45) is 1.80. The molecule has 9 heteroatoms. The van der Waals surface area contributed by atoms with Crippen LogP contribution in [-0.2, 0) is 17.1 Å². The van der Waals surface area contributed by atoms with Gasteiger partial charge in [-0.05, 0) is 38.4 Å². The molecule has 1 unspecified atom stereocenters. The first-order chi connectivity index (χ1) is 16.5. The molecule has 1 saturated heterocycles. The van der Waals surface area contributed by atoms with Crippen LogP contribution in [0.4, 0.5) is 4.39 Å². The second kappa shape index (κ2) is 11.8. The summed E-state index contributed by atoms with van der Waals surface area (Å²) in [5.41, 5.74) is 2.61. The summed E-state index contributed by atoms with van der Waals surface area (Å²) in [7, 11) is 0. The largest absolute Gasteiger partial charge is 0.355 e. The number of piperidine rings is 1. The van der Waals surface area contributed by atoms with Crippen molar-refractivity contribution in [1.29, 1.82) is 0 Å². The fourth-order valence-electron chi connectivity index (χ4n) is 3.98. The number of benzene rings is 2. The van der Waals surface area contributed by atoms with Crippen LogP contribution in [0.1, 0.15) is 29.9 Å². The molecule has 0 spiro atoms. The highest BCUT2D eigenvalue weighted by atomic mass is 35.5. The molecule has 2 aromatic carbocycles. The van der Waals surface area contributed by atoms with Crippen LogP contribution >= 0.6 is 23.4 Å². The molecule has 1 aliphatic rings. The third-order valence-corrected chi connectivity index (χ3v) is 7.21. The Morgan fingerprint density at radius 1 is 1.29 bits per heavy atom. The Bertz CT molecular complexity index is 1090. The number of thioether (sulfide) groups is 1. The summed E-state index contributed by atoms with van der Waals surface area (Å²) < 4.78 is 19.3. The zero-order valence-corrected chi connectivity index (χ0v) is 20.7. The molecular formula is C25H28ClFN4O2S. The fourth-order valence-corrected chi connectivity index (χ4v) is 5.18. The monoisotopic (exact) mass is 502 g/mol. The molecule has 0 aliphatic carbocycles. The van der Waals surface area contributed by atoms with Gasteiger partial charge >= 0.3 is 0 Å². The third kappa shape index (κ3) is 6.58. The fraction of sp³-hybridized carbons (Fsp3) is 0.400. The highest BCUT2D eigenvalue weighted by Gasteiger charge is 2.26. The molecule has 0 radical (unpaired) electrons. The maximum absolute atomic E-state index is 13.8. The Labute approximate surface area is 208 Å². The van der Waals surface area contributed by atoms with Crippen molar-refractivity contribution in [2.24, 2.45) is 5.92 Å². The topological polar surface area (TPSA) is 71.3 Å². The zero-order valence-electron chi connectivity index (χ0n) is 19.1. The van der Waals surface area contributed by atoms with Crippen molar-refractivity contribution in [1.82, 2.24) is 20.4 Å². The van der Waals surface area contributed by atoms with E-state index in [1.807, 2.05) is 31.2 Å². The van der Waals surface area contributed by atoms with Crippen LogP contribution in [0.3, 0.4) is 0 Å². The number of halogens is 2. The van der Waals surface area contributed by atoms with Crippen LogP contribution in [0.15, 0.2) is 47.0 Å². The van der Waals surface area contributed by atoms with Crippen molar-refractivity contribution in [3.05, 3.63) is 70.3 Å². The number of amides is 1. The minimum atomic E-state index is -0.293. The van der Waals surface area contributed by atoms with E-state index in [2.05, 4.69) is 20.4 Å². The molecule has 3 aromatic rings. The minimum Gasteiger partial charge on any atom is -0.355 e. The number of aryl methyl sites for hydroxylation is 1. The lowest BCUT2D eigenvalue weighted by Crippen LogP contribution is -2.43.